The number of hydrogen-bond acceptors (Lipinski definition) is 5. The van der Waals surface area contributed by atoms with Crippen molar-refractivity contribution < 1.29 is 9.47 Å². The van der Waals surface area contributed by atoms with Crippen molar-refractivity contribution in [1.29, 1.82) is 0 Å². The van der Waals surface area contributed by atoms with E-state index in [1.54, 1.807) is 11.8 Å². The molecule has 0 N–H and O–H groups in total. The van der Waals surface area contributed by atoms with Crippen LogP contribution in [0.4, 0.5) is 0 Å². The van der Waals surface area contributed by atoms with Gasteiger partial charge in [-0.25, -0.2) is 0 Å². The summed E-state index contributed by atoms with van der Waals surface area (Å²) >= 11 is 5.28. The second kappa shape index (κ2) is 7.32. The number of halogens is 1. The Kier molecular flexibility index (Phi) is 4.91. The summed E-state index contributed by atoms with van der Waals surface area (Å²) in [4.78, 5) is 0. The maximum atomic E-state index is 5.48. The third-order valence-electron chi connectivity index (χ3n) is 4.21. The molecule has 0 unspecified atom stereocenters. The molecule has 0 saturated carbocycles. The predicted molar refractivity (Wildman–Crippen MR) is 106 cm³/mol. The monoisotopic (exact) mass is 431 g/mol. The summed E-state index contributed by atoms with van der Waals surface area (Å²) in [5.41, 5.74) is 3.45. The van der Waals surface area contributed by atoms with Gasteiger partial charge >= 0.3 is 0 Å². The third-order valence-corrected chi connectivity index (χ3v) is 5.96. The van der Waals surface area contributed by atoms with Gasteiger partial charge in [0.05, 0.1) is 0 Å². The van der Waals surface area contributed by atoms with Crippen LogP contribution in [0.25, 0.3) is 11.4 Å². The van der Waals surface area contributed by atoms with E-state index in [1.165, 1.54) is 5.56 Å². The Balaban J connectivity index is 1.58. The molecule has 0 aliphatic carbocycles. The van der Waals surface area contributed by atoms with Gasteiger partial charge in [0.15, 0.2) is 22.5 Å². The predicted octanol–water partition coefficient (Wildman–Crippen LogP) is 5.06. The summed E-state index contributed by atoms with van der Waals surface area (Å²) in [5.74, 6) is 3.25. The van der Waals surface area contributed by atoms with Crippen LogP contribution in [0.2, 0.25) is 0 Å². The molecule has 0 fully saturated rings. The molecule has 7 heteroatoms. The van der Waals surface area contributed by atoms with Gasteiger partial charge in [0.1, 0.15) is 0 Å². The largest absolute Gasteiger partial charge is 0.454 e. The van der Waals surface area contributed by atoms with Gasteiger partial charge in [0, 0.05) is 22.3 Å². The van der Waals surface area contributed by atoms with E-state index in [1.807, 2.05) is 12.1 Å². The summed E-state index contributed by atoms with van der Waals surface area (Å²) in [5, 5.41) is 9.75. The lowest BCUT2D eigenvalue weighted by molar-refractivity contribution is 0.174. The highest BCUT2D eigenvalue weighted by Crippen LogP contribution is 2.39. The van der Waals surface area contributed by atoms with E-state index in [0.717, 1.165) is 50.4 Å². The first-order chi connectivity index (χ1) is 12.7. The van der Waals surface area contributed by atoms with E-state index in [9.17, 15) is 0 Å². The number of aromatic nitrogens is 3. The molecule has 0 radical (unpaired) electrons. The molecule has 0 saturated heterocycles. The van der Waals surface area contributed by atoms with Crippen molar-refractivity contribution >= 4 is 27.7 Å². The molecular formula is C19H18BrN3O2S. The van der Waals surface area contributed by atoms with Gasteiger partial charge in [0.25, 0.3) is 0 Å². The summed E-state index contributed by atoms with van der Waals surface area (Å²) in [6, 6.07) is 12.3. The molecule has 1 aliphatic heterocycles. The SMILES string of the molecule is CCn1c(SCc2cc3c(cc2Br)OCO3)nnc1-c1cccc(C)c1. The van der Waals surface area contributed by atoms with Crippen molar-refractivity contribution in [3.63, 3.8) is 0 Å². The van der Waals surface area contributed by atoms with E-state index in [4.69, 9.17) is 9.47 Å². The van der Waals surface area contributed by atoms with Crippen LogP contribution in [0.15, 0.2) is 46.0 Å². The number of thioether (sulfide) groups is 1. The van der Waals surface area contributed by atoms with E-state index >= 15 is 0 Å². The van der Waals surface area contributed by atoms with Crippen LogP contribution < -0.4 is 9.47 Å². The summed E-state index contributed by atoms with van der Waals surface area (Å²) in [7, 11) is 0. The quantitative estimate of drug-likeness (QED) is 0.528. The molecule has 5 nitrogen and oxygen atoms in total. The van der Waals surface area contributed by atoms with Crippen LogP contribution in [0.1, 0.15) is 18.1 Å². The Morgan fingerprint density at radius 2 is 1.96 bits per heavy atom. The third kappa shape index (κ3) is 3.33. The molecule has 4 rings (SSSR count). The molecule has 0 amide bonds. The molecule has 0 bridgehead atoms. The second-order valence-corrected chi connectivity index (χ2v) is 7.80. The van der Waals surface area contributed by atoms with Gasteiger partial charge in [-0.2, -0.15) is 0 Å². The number of nitrogens with zero attached hydrogens (tertiary/aromatic N) is 3. The van der Waals surface area contributed by atoms with Crippen molar-refractivity contribution in [2.24, 2.45) is 0 Å². The van der Waals surface area contributed by atoms with Crippen LogP contribution in [0.5, 0.6) is 11.5 Å². The maximum absolute atomic E-state index is 5.48. The van der Waals surface area contributed by atoms with Crippen LogP contribution in [-0.2, 0) is 12.3 Å². The van der Waals surface area contributed by atoms with Crippen molar-refractivity contribution in [3.05, 3.63) is 52.0 Å². The molecule has 26 heavy (non-hydrogen) atoms. The normalized spacial score (nSPS) is 12.6. The number of benzene rings is 2. The molecule has 2 aromatic carbocycles. The standard InChI is InChI=1S/C19H18BrN3O2S/c1-3-23-18(13-6-4-5-12(2)7-13)21-22-19(23)26-10-14-8-16-17(9-15(14)20)25-11-24-16/h4-9H,3,10-11H2,1-2H3. The fourth-order valence-electron chi connectivity index (χ4n) is 2.89. The number of hydrogen-bond donors (Lipinski definition) is 0. The van der Waals surface area contributed by atoms with Gasteiger partial charge in [-0.15, -0.1) is 10.2 Å². The van der Waals surface area contributed by atoms with Gasteiger partial charge < -0.3 is 14.0 Å². The Morgan fingerprint density at radius 3 is 2.73 bits per heavy atom. The average molecular weight is 432 g/mol. The number of fused-ring (bicyclic) bond motifs is 1. The second-order valence-electron chi connectivity index (χ2n) is 6.01. The molecule has 134 valence electrons. The molecule has 3 aromatic rings. The number of aryl methyl sites for hydroxylation is 1. The first-order valence-electron chi connectivity index (χ1n) is 8.36. The van der Waals surface area contributed by atoms with Crippen molar-refractivity contribution in [1.82, 2.24) is 14.8 Å². The molecular weight excluding hydrogens is 414 g/mol. The summed E-state index contributed by atoms with van der Waals surface area (Å²) < 4.78 is 14.1. The fourth-order valence-corrected chi connectivity index (χ4v) is 4.53. The highest BCUT2D eigenvalue weighted by Gasteiger charge is 2.18. The van der Waals surface area contributed by atoms with Gasteiger partial charge in [-0.1, -0.05) is 51.5 Å². The zero-order valence-corrected chi connectivity index (χ0v) is 16.9. The smallest absolute Gasteiger partial charge is 0.231 e. The van der Waals surface area contributed by atoms with E-state index in [0.29, 0.717) is 0 Å². The summed E-state index contributed by atoms with van der Waals surface area (Å²) in [6.07, 6.45) is 0. The van der Waals surface area contributed by atoms with Gasteiger partial charge in [0.2, 0.25) is 6.79 Å². The number of ether oxygens (including phenoxy) is 2. The molecule has 1 aliphatic rings. The zero-order valence-electron chi connectivity index (χ0n) is 14.5. The topological polar surface area (TPSA) is 49.2 Å². The molecule has 0 atom stereocenters. The highest BCUT2D eigenvalue weighted by molar-refractivity contribution is 9.10. The minimum Gasteiger partial charge on any atom is -0.454 e. The van der Waals surface area contributed by atoms with Crippen molar-refractivity contribution in [3.8, 4) is 22.9 Å². The Morgan fingerprint density at radius 1 is 1.15 bits per heavy atom. The van der Waals surface area contributed by atoms with Crippen molar-refractivity contribution in [2.75, 3.05) is 6.79 Å². The minimum atomic E-state index is 0.280. The highest BCUT2D eigenvalue weighted by atomic mass is 79.9. The maximum Gasteiger partial charge on any atom is 0.231 e. The Bertz CT molecular complexity index is 958. The van der Waals surface area contributed by atoms with Crippen LogP contribution in [0.3, 0.4) is 0 Å². The van der Waals surface area contributed by atoms with Crippen LogP contribution >= 0.6 is 27.7 Å². The molecule has 2 heterocycles. The zero-order chi connectivity index (χ0) is 18.1. The first kappa shape index (κ1) is 17.4. The van der Waals surface area contributed by atoms with Crippen LogP contribution in [-0.4, -0.2) is 21.6 Å². The van der Waals surface area contributed by atoms with Crippen molar-refractivity contribution in [2.45, 2.75) is 31.3 Å². The lowest BCUT2D eigenvalue weighted by Gasteiger charge is -2.09. The lowest BCUT2D eigenvalue weighted by atomic mass is 10.1. The minimum absolute atomic E-state index is 0.280. The van der Waals surface area contributed by atoms with Gasteiger partial charge in [-0.05, 0) is 37.6 Å². The lowest BCUT2D eigenvalue weighted by Crippen LogP contribution is -2.00. The van der Waals surface area contributed by atoms with E-state index in [2.05, 4.69) is 68.8 Å². The number of rotatable bonds is 5. The summed E-state index contributed by atoms with van der Waals surface area (Å²) in [6.45, 7) is 5.30. The molecule has 1 aromatic heterocycles. The molecule has 0 spiro atoms. The Hall–Kier alpha value is -1.99. The average Bonchev–Trinajstić information content (AvgIpc) is 3.25. The van der Waals surface area contributed by atoms with E-state index in [-0.39, 0.29) is 6.79 Å². The van der Waals surface area contributed by atoms with Crippen LogP contribution in [0, 0.1) is 6.92 Å². The van der Waals surface area contributed by atoms with Gasteiger partial charge in [-0.3, -0.25) is 0 Å². The first-order valence-corrected chi connectivity index (χ1v) is 10.1. The fraction of sp³-hybridized carbons (Fsp3) is 0.263. The van der Waals surface area contributed by atoms with E-state index < -0.39 is 0 Å². The Labute approximate surface area is 164 Å².